The van der Waals surface area contributed by atoms with Crippen LogP contribution in [0.2, 0.25) is 0 Å². The number of ether oxygens (including phenoxy) is 1. The molecule has 0 saturated heterocycles. The molecule has 0 spiro atoms. The normalized spacial score (nSPS) is 14.7. The van der Waals surface area contributed by atoms with Crippen LogP contribution in [0.3, 0.4) is 0 Å². The highest BCUT2D eigenvalue weighted by atomic mass is 16.5. The lowest BCUT2D eigenvalue weighted by molar-refractivity contribution is 0.0380. The molecule has 1 aromatic carbocycles. The van der Waals surface area contributed by atoms with Crippen LogP contribution in [0.15, 0.2) is 18.3 Å². The van der Waals surface area contributed by atoms with E-state index in [1.165, 1.54) is 24.0 Å². The fraction of sp³-hybridized carbons (Fsp3) is 0.438. The van der Waals surface area contributed by atoms with Gasteiger partial charge in [0.15, 0.2) is 0 Å². The van der Waals surface area contributed by atoms with Gasteiger partial charge in [0.1, 0.15) is 0 Å². The molecular formula is C16H19NO2. The number of carbonyl (C=O) groups excluding carboxylic acids is 1. The zero-order valence-corrected chi connectivity index (χ0v) is 11.5. The molecule has 0 unspecified atom stereocenters. The number of nitrogens with one attached hydrogen (secondary N) is 1. The second kappa shape index (κ2) is 4.72. The van der Waals surface area contributed by atoms with E-state index in [0.29, 0.717) is 5.56 Å². The number of hydrogen-bond acceptors (Lipinski definition) is 2. The minimum Gasteiger partial charge on any atom is -0.459 e. The molecule has 3 heteroatoms. The summed E-state index contributed by atoms with van der Waals surface area (Å²) < 4.78 is 5.29. The summed E-state index contributed by atoms with van der Waals surface area (Å²) in [6.45, 7) is 3.74. The van der Waals surface area contributed by atoms with Crippen LogP contribution in [0.5, 0.6) is 0 Å². The van der Waals surface area contributed by atoms with Gasteiger partial charge in [0.25, 0.3) is 0 Å². The first-order valence-corrected chi connectivity index (χ1v) is 6.99. The fourth-order valence-electron chi connectivity index (χ4n) is 2.80. The summed E-state index contributed by atoms with van der Waals surface area (Å²) in [5.74, 6) is -0.239. The minimum atomic E-state index is -0.239. The molecule has 1 aliphatic rings. The number of aromatic amines is 1. The molecule has 0 aliphatic heterocycles. The van der Waals surface area contributed by atoms with E-state index in [1.54, 1.807) is 6.20 Å². The van der Waals surface area contributed by atoms with Gasteiger partial charge in [0.05, 0.1) is 11.7 Å². The molecule has 0 saturated carbocycles. The van der Waals surface area contributed by atoms with Crippen molar-refractivity contribution in [2.24, 2.45) is 0 Å². The Morgan fingerprint density at radius 3 is 2.58 bits per heavy atom. The lowest BCUT2D eigenvalue weighted by Gasteiger charge is -2.15. The molecule has 3 rings (SSSR count). The topological polar surface area (TPSA) is 42.1 Å². The van der Waals surface area contributed by atoms with E-state index in [2.05, 4.69) is 17.1 Å². The highest BCUT2D eigenvalue weighted by Gasteiger charge is 2.17. The van der Waals surface area contributed by atoms with Crippen molar-refractivity contribution in [1.82, 2.24) is 4.98 Å². The molecule has 1 aromatic heterocycles. The van der Waals surface area contributed by atoms with E-state index in [-0.39, 0.29) is 12.1 Å². The molecule has 0 bridgehead atoms. The van der Waals surface area contributed by atoms with Gasteiger partial charge in [0, 0.05) is 17.1 Å². The summed E-state index contributed by atoms with van der Waals surface area (Å²) >= 11 is 0. The number of aryl methyl sites for hydroxylation is 2. The number of rotatable bonds is 2. The second-order valence-electron chi connectivity index (χ2n) is 5.53. The number of carbonyl (C=O) groups is 1. The predicted molar refractivity (Wildman–Crippen MR) is 75.5 cm³/mol. The Hall–Kier alpha value is -1.77. The van der Waals surface area contributed by atoms with E-state index in [4.69, 9.17) is 4.74 Å². The van der Waals surface area contributed by atoms with Crippen molar-refractivity contribution in [3.63, 3.8) is 0 Å². The average molecular weight is 257 g/mol. The van der Waals surface area contributed by atoms with Gasteiger partial charge in [-0.2, -0.15) is 0 Å². The van der Waals surface area contributed by atoms with Crippen LogP contribution in [0.4, 0.5) is 0 Å². The fourth-order valence-corrected chi connectivity index (χ4v) is 2.80. The van der Waals surface area contributed by atoms with Gasteiger partial charge in [-0.05, 0) is 62.8 Å². The maximum absolute atomic E-state index is 12.1. The number of H-pyrrole nitrogens is 1. The van der Waals surface area contributed by atoms with E-state index >= 15 is 0 Å². The number of aromatic nitrogens is 1. The van der Waals surface area contributed by atoms with Crippen molar-refractivity contribution in [2.75, 3.05) is 0 Å². The molecule has 100 valence electrons. The summed E-state index contributed by atoms with van der Waals surface area (Å²) in [7, 11) is 0. The third kappa shape index (κ3) is 2.25. The van der Waals surface area contributed by atoms with Crippen molar-refractivity contribution < 1.29 is 9.53 Å². The average Bonchev–Trinajstić information content (AvgIpc) is 2.78. The smallest absolute Gasteiger partial charge is 0.340 e. The van der Waals surface area contributed by atoms with Gasteiger partial charge in [-0.15, -0.1) is 0 Å². The Morgan fingerprint density at radius 1 is 1.21 bits per heavy atom. The first kappa shape index (κ1) is 12.3. The first-order chi connectivity index (χ1) is 9.15. The quantitative estimate of drug-likeness (QED) is 0.835. The highest BCUT2D eigenvalue weighted by Crippen LogP contribution is 2.28. The van der Waals surface area contributed by atoms with E-state index < -0.39 is 0 Å². The molecule has 0 atom stereocenters. The van der Waals surface area contributed by atoms with Crippen molar-refractivity contribution in [3.8, 4) is 0 Å². The van der Waals surface area contributed by atoms with Crippen LogP contribution >= 0.6 is 0 Å². The Balaban J connectivity index is 2.05. The summed E-state index contributed by atoms with van der Waals surface area (Å²) in [6, 6.07) is 4.35. The number of benzene rings is 1. The van der Waals surface area contributed by atoms with Gasteiger partial charge in [0.2, 0.25) is 0 Å². The molecule has 19 heavy (non-hydrogen) atoms. The largest absolute Gasteiger partial charge is 0.459 e. The van der Waals surface area contributed by atoms with Crippen molar-refractivity contribution in [2.45, 2.75) is 45.6 Å². The minimum absolute atomic E-state index is 0.0879. The Labute approximate surface area is 113 Å². The van der Waals surface area contributed by atoms with Crippen LogP contribution in [0, 0.1) is 0 Å². The van der Waals surface area contributed by atoms with Gasteiger partial charge < -0.3 is 9.72 Å². The third-order valence-corrected chi connectivity index (χ3v) is 3.71. The van der Waals surface area contributed by atoms with Crippen LogP contribution in [0.25, 0.3) is 10.9 Å². The van der Waals surface area contributed by atoms with Crippen LogP contribution in [-0.2, 0) is 17.6 Å². The SMILES string of the molecule is CC(C)OC(=O)c1c[nH]c2cc3c(cc12)CCCC3. The Morgan fingerprint density at radius 2 is 1.89 bits per heavy atom. The number of hydrogen-bond donors (Lipinski definition) is 1. The lowest BCUT2D eigenvalue weighted by Crippen LogP contribution is -2.11. The monoisotopic (exact) mass is 257 g/mol. The Kier molecular flexibility index (Phi) is 3.05. The lowest BCUT2D eigenvalue weighted by atomic mass is 9.90. The van der Waals surface area contributed by atoms with Crippen molar-refractivity contribution in [1.29, 1.82) is 0 Å². The van der Waals surface area contributed by atoms with E-state index in [9.17, 15) is 4.79 Å². The third-order valence-electron chi connectivity index (χ3n) is 3.71. The Bertz CT molecular complexity index is 625. The number of esters is 1. The number of fused-ring (bicyclic) bond motifs is 2. The molecule has 0 amide bonds. The second-order valence-corrected chi connectivity index (χ2v) is 5.53. The van der Waals surface area contributed by atoms with Crippen molar-refractivity contribution >= 4 is 16.9 Å². The molecule has 0 radical (unpaired) electrons. The summed E-state index contributed by atoms with van der Waals surface area (Å²) in [4.78, 5) is 15.2. The highest BCUT2D eigenvalue weighted by molar-refractivity contribution is 6.04. The van der Waals surface area contributed by atoms with Crippen LogP contribution in [-0.4, -0.2) is 17.1 Å². The zero-order valence-electron chi connectivity index (χ0n) is 11.5. The summed E-state index contributed by atoms with van der Waals surface area (Å²) in [5.41, 5.74) is 4.50. The molecule has 0 fully saturated rings. The molecule has 1 heterocycles. The molecule has 1 aliphatic carbocycles. The van der Waals surface area contributed by atoms with Gasteiger partial charge in [-0.25, -0.2) is 4.79 Å². The molecule has 1 N–H and O–H groups in total. The van der Waals surface area contributed by atoms with Gasteiger partial charge in [-0.1, -0.05) is 0 Å². The first-order valence-electron chi connectivity index (χ1n) is 6.99. The van der Waals surface area contributed by atoms with Crippen LogP contribution in [0.1, 0.15) is 48.2 Å². The maximum atomic E-state index is 12.1. The summed E-state index contributed by atoms with van der Waals surface area (Å²) in [5, 5.41) is 0.992. The molecule has 3 nitrogen and oxygen atoms in total. The van der Waals surface area contributed by atoms with Gasteiger partial charge >= 0.3 is 5.97 Å². The predicted octanol–water partition coefficient (Wildman–Crippen LogP) is 3.61. The van der Waals surface area contributed by atoms with Crippen molar-refractivity contribution in [3.05, 3.63) is 35.0 Å². The maximum Gasteiger partial charge on any atom is 0.340 e. The van der Waals surface area contributed by atoms with Gasteiger partial charge in [-0.3, -0.25) is 0 Å². The molecule has 2 aromatic rings. The standard InChI is InChI=1S/C16H19NO2/c1-10(2)19-16(18)14-9-17-15-8-12-6-4-3-5-11(12)7-13(14)15/h7-10,17H,3-6H2,1-2H3. The van der Waals surface area contributed by atoms with Crippen LogP contribution < -0.4 is 0 Å². The summed E-state index contributed by atoms with van der Waals surface area (Å²) in [6.07, 6.45) is 6.46. The molecular weight excluding hydrogens is 238 g/mol. The zero-order chi connectivity index (χ0) is 13.4. The van der Waals surface area contributed by atoms with E-state index in [0.717, 1.165) is 23.7 Å². The van der Waals surface area contributed by atoms with E-state index in [1.807, 2.05) is 13.8 Å².